The number of hydrogen-bond acceptors (Lipinski definition) is 3. The van der Waals surface area contributed by atoms with Crippen molar-refractivity contribution in [3.05, 3.63) is 0 Å². The van der Waals surface area contributed by atoms with E-state index in [1.165, 1.54) is 0 Å². The van der Waals surface area contributed by atoms with Crippen molar-refractivity contribution in [2.45, 2.75) is 38.3 Å². The highest BCUT2D eigenvalue weighted by Crippen LogP contribution is 2.07. The quantitative estimate of drug-likeness (QED) is 0.670. The van der Waals surface area contributed by atoms with Crippen molar-refractivity contribution in [3.63, 3.8) is 0 Å². The van der Waals surface area contributed by atoms with Gasteiger partial charge in [-0.05, 0) is 20.3 Å². The Bertz CT molecular complexity index is 204. The molecule has 1 aliphatic heterocycles. The first kappa shape index (κ1) is 11.5. The molecule has 1 aliphatic rings. The Morgan fingerprint density at radius 2 is 2.36 bits per heavy atom. The van der Waals surface area contributed by atoms with Gasteiger partial charge in [-0.2, -0.15) is 0 Å². The Labute approximate surface area is 85.4 Å². The van der Waals surface area contributed by atoms with Crippen molar-refractivity contribution in [2.24, 2.45) is 0 Å². The van der Waals surface area contributed by atoms with Crippen LogP contribution in [0.1, 0.15) is 26.7 Å². The van der Waals surface area contributed by atoms with Crippen molar-refractivity contribution >= 4 is 5.91 Å². The topological polar surface area (TPSA) is 50.4 Å². The molecule has 82 valence electrons. The van der Waals surface area contributed by atoms with Gasteiger partial charge in [0.25, 0.3) is 0 Å². The van der Waals surface area contributed by atoms with Crippen LogP contribution in [0, 0.1) is 0 Å². The van der Waals surface area contributed by atoms with Gasteiger partial charge in [-0.3, -0.25) is 4.79 Å². The van der Waals surface area contributed by atoms with Crippen molar-refractivity contribution in [1.82, 2.24) is 10.6 Å². The molecule has 1 unspecified atom stereocenters. The molecular weight excluding hydrogens is 180 g/mol. The average Bonchev–Trinajstić information content (AvgIpc) is 2.51. The zero-order chi connectivity index (χ0) is 10.6. The predicted molar refractivity (Wildman–Crippen MR) is 55.1 cm³/mol. The Balaban J connectivity index is 2.12. The number of methoxy groups -OCH3 is 1. The van der Waals surface area contributed by atoms with Gasteiger partial charge in [-0.15, -0.1) is 0 Å². The van der Waals surface area contributed by atoms with Gasteiger partial charge < -0.3 is 15.4 Å². The van der Waals surface area contributed by atoms with Crippen LogP contribution in [0.15, 0.2) is 0 Å². The van der Waals surface area contributed by atoms with E-state index in [9.17, 15) is 4.79 Å². The van der Waals surface area contributed by atoms with Crippen LogP contribution < -0.4 is 10.6 Å². The summed E-state index contributed by atoms with van der Waals surface area (Å²) in [6, 6.07) is 0.301. The summed E-state index contributed by atoms with van der Waals surface area (Å²) in [6.07, 6.45) is 1.61. The summed E-state index contributed by atoms with van der Waals surface area (Å²) in [7, 11) is 1.71. The third-order valence-electron chi connectivity index (χ3n) is 2.58. The van der Waals surface area contributed by atoms with Crippen LogP contribution in [-0.4, -0.2) is 37.7 Å². The van der Waals surface area contributed by atoms with E-state index in [2.05, 4.69) is 10.6 Å². The van der Waals surface area contributed by atoms with Gasteiger partial charge in [0.05, 0.1) is 5.60 Å². The summed E-state index contributed by atoms with van der Waals surface area (Å²) in [5, 5.41) is 6.22. The maximum atomic E-state index is 10.9. The second-order valence-corrected chi connectivity index (χ2v) is 4.40. The molecule has 0 spiro atoms. The second kappa shape index (κ2) is 4.75. The molecule has 0 aromatic carbocycles. The largest absolute Gasteiger partial charge is 0.377 e. The number of carbonyl (C=O) groups excluding carboxylic acids is 1. The second-order valence-electron chi connectivity index (χ2n) is 4.40. The van der Waals surface area contributed by atoms with Crippen LogP contribution in [0.4, 0.5) is 0 Å². The van der Waals surface area contributed by atoms with Crippen LogP contribution in [0.3, 0.4) is 0 Å². The molecule has 4 nitrogen and oxygen atoms in total. The number of ether oxygens (including phenoxy) is 1. The Morgan fingerprint density at radius 3 is 2.86 bits per heavy atom. The standard InChI is InChI=1S/C10H20N2O2/c1-10(2,14-3)7-11-6-8-4-5-9(13)12-8/h8,11H,4-7H2,1-3H3,(H,12,13). The number of rotatable bonds is 5. The maximum absolute atomic E-state index is 10.9. The fraction of sp³-hybridized carbons (Fsp3) is 0.900. The number of amides is 1. The lowest BCUT2D eigenvalue weighted by Crippen LogP contribution is -2.42. The normalized spacial score (nSPS) is 22.5. The third-order valence-corrected chi connectivity index (χ3v) is 2.58. The van der Waals surface area contributed by atoms with Gasteiger partial charge in [0.2, 0.25) is 5.91 Å². The Kier molecular flexibility index (Phi) is 3.89. The van der Waals surface area contributed by atoms with Crippen molar-refractivity contribution in [1.29, 1.82) is 0 Å². The van der Waals surface area contributed by atoms with Crippen molar-refractivity contribution in [3.8, 4) is 0 Å². The molecular formula is C10H20N2O2. The lowest BCUT2D eigenvalue weighted by atomic mass is 10.1. The molecule has 1 atom stereocenters. The first-order valence-corrected chi connectivity index (χ1v) is 5.09. The summed E-state index contributed by atoms with van der Waals surface area (Å²) in [5.41, 5.74) is -0.136. The van der Waals surface area contributed by atoms with Gasteiger partial charge in [0.1, 0.15) is 0 Å². The van der Waals surface area contributed by atoms with Crippen LogP contribution in [0.2, 0.25) is 0 Å². The highest BCUT2D eigenvalue weighted by Gasteiger charge is 2.21. The molecule has 1 fully saturated rings. The number of carbonyl (C=O) groups is 1. The van der Waals surface area contributed by atoms with E-state index in [4.69, 9.17) is 4.74 Å². The van der Waals surface area contributed by atoms with E-state index in [1.807, 2.05) is 13.8 Å². The molecule has 2 N–H and O–H groups in total. The first-order chi connectivity index (χ1) is 6.53. The van der Waals surface area contributed by atoms with Gasteiger partial charge in [0.15, 0.2) is 0 Å². The zero-order valence-corrected chi connectivity index (χ0v) is 9.22. The fourth-order valence-corrected chi connectivity index (χ4v) is 1.45. The number of hydrogen-bond donors (Lipinski definition) is 2. The molecule has 1 heterocycles. The smallest absolute Gasteiger partial charge is 0.220 e. The maximum Gasteiger partial charge on any atom is 0.220 e. The molecule has 0 bridgehead atoms. The first-order valence-electron chi connectivity index (χ1n) is 5.09. The van der Waals surface area contributed by atoms with Crippen LogP contribution in [-0.2, 0) is 9.53 Å². The van der Waals surface area contributed by atoms with E-state index in [1.54, 1.807) is 7.11 Å². The molecule has 0 radical (unpaired) electrons. The zero-order valence-electron chi connectivity index (χ0n) is 9.22. The third kappa shape index (κ3) is 3.64. The molecule has 4 heteroatoms. The van der Waals surface area contributed by atoms with Crippen molar-refractivity contribution < 1.29 is 9.53 Å². The van der Waals surface area contributed by atoms with E-state index in [0.717, 1.165) is 19.5 Å². The van der Waals surface area contributed by atoms with E-state index >= 15 is 0 Å². The fourth-order valence-electron chi connectivity index (χ4n) is 1.45. The SMILES string of the molecule is COC(C)(C)CNCC1CCC(=O)N1. The molecule has 1 saturated heterocycles. The molecule has 14 heavy (non-hydrogen) atoms. The predicted octanol–water partition coefficient (Wildman–Crippen LogP) is 0.280. The van der Waals surface area contributed by atoms with E-state index in [-0.39, 0.29) is 11.5 Å². The van der Waals surface area contributed by atoms with E-state index in [0.29, 0.717) is 12.5 Å². The Morgan fingerprint density at radius 1 is 1.64 bits per heavy atom. The summed E-state index contributed by atoms with van der Waals surface area (Å²) < 4.78 is 5.27. The summed E-state index contributed by atoms with van der Waals surface area (Å²) >= 11 is 0. The summed E-state index contributed by atoms with van der Waals surface area (Å²) in [6.45, 7) is 5.70. The molecule has 1 amide bonds. The Hall–Kier alpha value is -0.610. The lowest BCUT2D eigenvalue weighted by Gasteiger charge is -2.24. The highest BCUT2D eigenvalue weighted by molar-refractivity contribution is 5.78. The van der Waals surface area contributed by atoms with Crippen LogP contribution >= 0.6 is 0 Å². The molecule has 0 saturated carbocycles. The minimum absolute atomic E-state index is 0.136. The minimum Gasteiger partial charge on any atom is -0.377 e. The highest BCUT2D eigenvalue weighted by atomic mass is 16.5. The average molecular weight is 200 g/mol. The van der Waals surface area contributed by atoms with Gasteiger partial charge in [-0.1, -0.05) is 0 Å². The summed E-state index contributed by atoms with van der Waals surface area (Å²) in [5.74, 6) is 0.169. The van der Waals surface area contributed by atoms with Gasteiger partial charge >= 0.3 is 0 Å². The molecule has 0 aliphatic carbocycles. The molecule has 0 aromatic rings. The minimum atomic E-state index is -0.136. The lowest BCUT2D eigenvalue weighted by molar-refractivity contribution is -0.119. The monoisotopic (exact) mass is 200 g/mol. The van der Waals surface area contributed by atoms with Gasteiger partial charge in [-0.25, -0.2) is 0 Å². The number of nitrogens with one attached hydrogen (secondary N) is 2. The van der Waals surface area contributed by atoms with Crippen LogP contribution in [0.5, 0.6) is 0 Å². The van der Waals surface area contributed by atoms with Gasteiger partial charge in [0, 0.05) is 32.7 Å². The summed E-state index contributed by atoms with van der Waals surface area (Å²) in [4.78, 5) is 10.9. The molecule has 0 aromatic heterocycles. The van der Waals surface area contributed by atoms with E-state index < -0.39 is 0 Å². The van der Waals surface area contributed by atoms with Crippen LogP contribution in [0.25, 0.3) is 0 Å². The molecule has 1 rings (SSSR count). The van der Waals surface area contributed by atoms with Crippen molar-refractivity contribution in [2.75, 3.05) is 20.2 Å².